The van der Waals surface area contributed by atoms with Gasteiger partial charge in [0.2, 0.25) is 0 Å². The Morgan fingerprint density at radius 2 is 2.00 bits per heavy atom. The minimum Gasteiger partial charge on any atom is -0.258 e. The molecule has 0 fully saturated rings. The second-order valence-corrected chi connectivity index (χ2v) is 5.35. The quantitative estimate of drug-likeness (QED) is 0.353. The van der Waals surface area contributed by atoms with Crippen molar-refractivity contribution in [3.8, 4) is 0 Å². The van der Waals surface area contributed by atoms with Gasteiger partial charge in [0.1, 0.15) is 0 Å². The Morgan fingerprint density at radius 1 is 1.37 bits per heavy atom. The molecule has 1 unspecified atom stereocenters. The average Bonchev–Trinajstić information content (AvgIpc) is 2.35. The highest BCUT2D eigenvalue weighted by Gasteiger charge is 2.21. The van der Waals surface area contributed by atoms with E-state index in [-0.39, 0.29) is 16.8 Å². The van der Waals surface area contributed by atoms with Gasteiger partial charge in [0.05, 0.1) is 26.2 Å². The number of hydrogen-bond acceptors (Lipinski definition) is 5. The monoisotopic (exact) mass is 302 g/mol. The molecule has 1 rings (SSSR count). The van der Waals surface area contributed by atoms with Crippen LogP contribution in [0, 0.1) is 20.2 Å². The Hall–Kier alpha value is -1.60. The SMILES string of the molecule is C/C=C(/Sc1ccc([N+](=O)[O-])cc1[N+](=O)[O-])C(C)Cl. The molecule has 0 amide bonds. The summed E-state index contributed by atoms with van der Waals surface area (Å²) in [7, 11) is 0. The van der Waals surface area contributed by atoms with Gasteiger partial charge in [0.25, 0.3) is 11.4 Å². The summed E-state index contributed by atoms with van der Waals surface area (Å²) in [5.41, 5.74) is -0.604. The zero-order chi connectivity index (χ0) is 14.6. The van der Waals surface area contributed by atoms with Crippen LogP contribution in [-0.2, 0) is 0 Å². The number of nitro benzene ring substituents is 2. The first-order chi connectivity index (χ1) is 8.86. The first kappa shape index (κ1) is 15.5. The van der Waals surface area contributed by atoms with Crippen molar-refractivity contribution in [1.29, 1.82) is 0 Å². The van der Waals surface area contributed by atoms with Gasteiger partial charge in [-0.15, -0.1) is 11.6 Å². The molecule has 1 atom stereocenters. The Bertz CT molecular complexity index is 545. The zero-order valence-corrected chi connectivity index (χ0v) is 11.8. The number of non-ortho nitro benzene ring substituents is 1. The molecule has 1 aromatic carbocycles. The van der Waals surface area contributed by atoms with Crippen molar-refractivity contribution in [2.24, 2.45) is 0 Å². The van der Waals surface area contributed by atoms with Gasteiger partial charge < -0.3 is 0 Å². The van der Waals surface area contributed by atoms with E-state index in [4.69, 9.17) is 11.6 Å². The lowest BCUT2D eigenvalue weighted by Crippen LogP contribution is -1.97. The molecule has 1 aromatic rings. The van der Waals surface area contributed by atoms with Crippen LogP contribution in [0.5, 0.6) is 0 Å². The van der Waals surface area contributed by atoms with Crippen LogP contribution in [0.15, 0.2) is 34.1 Å². The third-order valence-corrected chi connectivity index (χ3v) is 4.01. The molecule has 102 valence electrons. The normalized spacial score (nSPS) is 13.1. The lowest BCUT2D eigenvalue weighted by molar-refractivity contribution is -0.396. The van der Waals surface area contributed by atoms with Gasteiger partial charge in [-0.1, -0.05) is 17.8 Å². The summed E-state index contributed by atoms with van der Waals surface area (Å²) < 4.78 is 0. The number of nitro groups is 2. The summed E-state index contributed by atoms with van der Waals surface area (Å²) in [5.74, 6) is 0. The summed E-state index contributed by atoms with van der Waals surface area (Å²) in [6.45, 7) is 3.53. The number of allylic oxidation sites excluding steroid dienone is 2. The molecule has 6 nitrogen and oxygen atoms in total. The van der Waals surface area contributed by atoms with E-state index >= 15 is 0 Å². The van der Waals surface area contributed by atoms with Gasteiger partial charge in [0.15, 0.2) is 0 Å². The molecule has 0 aliphatic heterocycles. The average molecular weight is 303 g/mol. The number of hydrogen-bond donors (Lipinski definition) is 0. The predicted molar refractivity (Wildman–Crippen MR) is 74.7 cm³/mol. The van der Waals surface area contributed by atoms with Crippen LogP contribution in [-0.4, -0.2) is 15.2 Å². The van der Waals surface area contributed by atoms with E-state index in [1.165, 1.54) is 12.1 Å². The van der Waals surface area contributed by atoms with Gasteiger partial charge in [-0.2, -0.15) is 0 Å². The predicted octanol–water partition coefficient (Wildman–Crippen LogP) is 4.13. The van der Waals surface area contributed by atoms with Crippen LogP contribution in [0.25, 0.3) is 0 Å². The van der Waals surface area contributed by atoms with Crippen molar-refractivity contribution >= 4 is 34.7 Å². The van der Waals surface area contributed by atoms with Gasteiger partial charge >= 0.3 is 0 Å². The number of rotatable bonds is 5. The minimum atomic E-state index is -0.664. The van der Waals surface area contributed by atoms with Crippen LogP contribution in [0.2, 0.25) is 0 Å². The number of alkyl halides is 1. The Balaban J connectivity index is 3.21. The van der Waals surface area contributed by atoms with E-state index in [2.05, 4.69) is 0 Å². The second-order valence-electron chi connectivity index (χ2n) is 3.58. The first-order valence-corrected chi connectivity index (χ1v) is 6.53. The summed E-state index contributed by atoms with van der Waals surface area (Å²) in [5, 5.41) is 21.3. The molecular formula is C11H11ClN2O4S. The minimum absolute atomic E-state index is 0.287. The van der Waals surface area contributed by atoms with Crippen LogP contribution >= 0.6 is 23.4 Å². The molecule has 8 heteroatoms. The molecular weight excluding hydrogens is 292 g/mol. The highest BCUT2D eigenvalue weighted by Crippen LogP contribution is 2.38. The Kier molecular flexibility index (Phi) is 5.31. The first-order valence-electron chi connectivity index (χ1n) is 5.27. The largest absolute Gasteiger partial charge is 0.290 e. The summed E-state index contributed by atoms with van der Waals surface area (Å²) in [6, 6.07) is 3.56. The van der Waals surface area contributed by atoms with Crippen LogP contribution in [0.4, 0.5) is 11.4 Å². The van der Waals surface area contributed by atoms with E-state index < -0.39 is 9.85 Å². The van der Waals surface area contributed by atoms with Crippen LogP contribution in [0.1, 0.15) is 13.8 Å². The van der Waals surface area contributed by atoms with Crippen molar-refractivity contribution in [2.45, 2.75) is 24.1 Å². The summed E-state index contributed by atoms with van der Waals surface area (Å²) >= 11 is 7.08. The second kappa shape index (κ2) is 6.53. The van der Waals surface area contributed by atoms with Crippen molar-refractivity contribution in [1.82, 2.24) is 0 Å². The van der Waals surface area contributed by atoms with Gasteiger partial charge in [-0.05, 0) is 19.9 Å². The van der Waals surface area contributed by atoms with Gasteiger partial charge in [0, 0.05) is 11.0 Å². The van der Waals surface area contributed by atoms with E-state index in [0.29, 0.717) is 4.90 Å². The molecule has 0 saturated carbocycles. The standard InChI is InChI=1S/C11H11ClN2O4S/c1-3-10(7(2)12)19-11-5-4-8(13(15)16)6-9(11)14(17)18/h3-7H,1-2H3/b10-3+. The molecule has 0 heterocycles. The molecule has 0 N–H and O–H groups in total. The number of nitrogens with zero attached hydrogens (tertiary/aromatic N) is 2. The Morgan fingerprint density at radius 3 is 2.42 bits per heavy atom. The maximum Gasteiger partial charge on any atom is 0.290 e. The van der Waals surface area contributed by atoms with E-state index in [1.54, 1.807) is 19.9 Å². The maximum atomic E-state index is 11.0. The highest BCUT2D eigenvalue weighted by atomic mass is 35.5. The van der Waals surface area contributed by atoms with Crippen molar-refractivity contribution < 1.29 is 9.85 Å². The fraction of sp³-hybridized carbons (Fsp3) is 0.273. The Labute approximate surface area is 118 Å². The van der Waals surface area contributed by atoms with Crippen LogP contribution < -0.4 is 0 Å². The highest BCUT2D eigenvalue weighted by molar-refractivity contribution is 8.03. The number of benzene rings is 1. The molecule has 19 heavy (non-hydrogen) atoms. The van der Waals surface area contributed by atoms with Crippen molar-refractivity contribution in [3.05, 3.63) is 49.4 Å². The fourth-order valence-corrected chi connectivity index (χ4v) is 2.51. The number of halogens is 1. The molecule has 0 spiro atoms. The van der Waals surface area contributed by atoms with E-state index in [0.717, 1.165) is 22.7 Å². The molecule has 0 radical (unpaired) electrons. The third kappa shape index (κ3) is 3.93. The van der Waals surface area contributed by atoms with Crippen LogP contribution in [0.3, 0.4) is 0 Å². The third-order valence-electron chi connectivity index (χ3n) is 2.25. The van der Waals surface area contributed by atoms with E-state index in [9.17, 15) is 20.2 Å². The van der Waals surface area contributed by atoms with Gasteiger partial charge in [-0.3, -0.25) is 20.2 Å². The fourth-order valence-electron chi connectivity index (χ4n) is 1.35. The molecule has 0 aliphatic rings. The van der Waals surface area contributed by atoms with Crippen molar-refractivity contribution in [2.75, 3.05) is 0 Å². The lowest BCUT2D eigenvalue weighted by Gasteiger charge is -2.08. The molecule has 0 aliphatic carbocycles. The number of thioether (sulfide) groups is 1. The van der Waals surface area contributed by atoms with Gasteiger partial charge in [-0.25, -0.2) is 0 Å². The zero-order valence-electron chi connectivity index (χ0n) is 10.2. The molecule has 0 saturated heterocycles. The van der Waals surface area contributed by atoms with Crippen molar-refractivity contribution in [3.63, 3.8) is 0 Å². The summed E-state index contributed by atoms with van der Waals surface area (Å²) in [4.78, 5) is 21.3. The topological polar surface area (TPSA) is 86.3 Å². The maximum absolute atomic E-state index is 11.0. The van der Waals surface area contributed by atoms with E-state index in [1.807, 2.05) is 0 Å². The summed E-state index contributed by atoms with van der Waals surface area (Å²) in [6.07, 6.45) is 1.76. The lowest BCUT2D eigenvalue weighted by atomic mass is 10.3. The smallest absolute Gasteiger partial charge is 0.258 e. The molecule has 0 bridgehead atoms. The molecule has 0 aromatic heterocycles.